The minimum Gasteiger partial charge on any atom is -0.444 e. The summed E-state index contributed by atoms with van der Waals surface area (Å²) in [6, 6.07) is 3.54. The van der Waals surface area contributed by atoms with Gasteiger partial charge >= 0.3 is 17.7 Å². The van der Waals surface area contributed by atoms with Gasteiger partial charge in [0, 0.05) is 18.5 Å². The van der Waals surface area contributed by atoms with Gasteiger partial charge in [-0.25, -0.2) is 9.59 Å². The van der Waals surface area contributed by atoms with Crippen LogP contribution in [-0.4, -0.2) is 24.2 Å². The highest BCUT2D eigenvalue weighted by Gasteiger charge is 2.17. The van der Waals surface area contributed by atoms with Gasteiger partial charge < -0.3 is 19.2 Å². The van der Waals surface area contributed by atoms with Gasteiger partial charge in [0.25, 0.3) is 0 Å². The normalized spacial score (nSPS) is 11.4. The zero-order valence-corrected chi connectivity index (χ0v) is 18.6. The molecule has 30 heavy (non-hydrogen) atoms. The zero-order valence-electron chi connectivity index (χ0n) is 18.6. The van der Waals surface area contributed by atoms with Crippen LogP contribution in [0.2, 0.25) is 0 Å². The van der Waals surface area contributed by atoms with Crippen LogP contribution in [0.1, 0.15) is 63.1 Å². The second-order valence-electron chi connectivity index (χ2n) is 8.49. The first kappa shape index (κ1) is 23.4. The third kappa shape index (κ3) is 6.61. The van der Waals surface area contributed by atoms with Crippen molar-refractivity contribution in [3.05, 3.63) is 39.2 Å². The highest BCUT2D eigenvalue weighted by atomic mass is 16.6. The van der Waals surface area contributed by atoms with E-state index in [2.05, 4.69) is 5.32 Å². The molecule has 0 bridgehead atoms. The van der Waals surface area contributed by atoms with Crippen molar-refractivity contribution >= 4 is 23.0 Å². The van der Waals surface area contributed by atoms with Gasteiger partial charge in [0.05, 0.1) is 5.39 Å². The maximum atomic E-state index is 12.3. The van der Waals surface area contributed by atoms with Crippen molar-refractivity contribution in [2.75, 3.05) is 6.54 Å². The second kappa shape index (κ2) is 9.78. The average Bonchev–Trinajstić information content (AvgIpc) is 2.60. The smallest absolute Gasteiger partial charge is 0.407 e. The Bertz CT molecular complexity index is 984. The van der Waals surface area contributed by atoms with Crippen LogP contribution < -0.4 is 15.7 Å². The summed E-state index contributed by atoms with van der Waals surface area (Å²) < 4.78 is 16.1. The summed E-state index contributed by atoms with van der Waals surface area (Å²) in [6.07, 6.45) is 1.98. The molecule has 2 rings (SSSR count). The molecule has 1 aromatic heterocycles. The summed E-state index contributed by atoms with van der Waals surface area (Å²) in [5, 5.41) is 3.34. The van der Waals surface area contributed by atoms with E-state index in [4.69, 9.17) is 13.9 Å². The zero-order chi connectivity index (χ0) is 22.5. The third-order valence-electron chi connectivity index (χ3n) is 4.61. The molecular weight excluding hydrogens is 386 g/mol. The highest BCUT2D eigenvalue weighted by Crippen LogP contribution is 2.31. The lowest BCUT2D eigenvalue weighted by atomic mass is 10.0. The average molecular weight is 418 g/mol. The standard InChI is InChI=1S/C23H31NO6/c1-14-12-17(20-15(2)16(3)21(26)29-18(20)13-14)28-19(25)10-8-7-9-11-24-22(27)30-23(4,5)6/h12-13H,7-11H2,1-6H3,(H,24,27). The van der Waals surface area contributed by atoms with Crippen molar-refractivity contribution in [1.29, 1.82) is 0 Å². The van der Waals surface area contributed by atoms with Crippen LogP contribution in [0.4, 0.5) is 4.79 Å². The Balaban J connectivity index is 1.87. The van der Waals surface area contributed by atoms with Crippen LogP contribution in [-0.2, 0) is 9.53 Å². The molecule has 1 N–H and O–H groups in total. The Morgan fingerprint density at radius 3 is 2.40 bits per heavy atom. The summed E-state index contributed by atoms with van der Waals surface area (Å²) in [7, 11) is 0. The molecule has 0 aliphatic carbocycles. The predicted molar refractivity (Wildman–Crippen MR) is 115 cm³/mol. The van der Waals surface area contributed by atoms with Crippen molar-refractivity contribution < 1.29 is 23.5 Å². The molecule has 1 heterocycles. The van der Waals surface area contributed by atoms with E-state index in [9.17, 15) is 14.4 Å². The van der Waals surface area contributed by atoms with E-state index in [0.29, 0.717) is 35.2 Å². The Labute approximate surface area is 176 Å². The molecule has 0 atom stereocenters. The molecule has 0 fully saturated rings. The fourth-order valence-electron chi connectivity index (χ4n) is 3.02. The van der Waals surface area contributed by atoms with Crippen molar-refractivity contribution in [2.45, 2.75) is 72.8 Å². The van der Waals surface area contributed by atoms with Gasteiger partial charge in [-0.1, -0.05) is 6.42 Å². The first-order valence-corrected chi connectivity index (χ1v) is 10.2. The summed E-state index contributed by atoms with van der Waals surface area (Å²) in [4.78, 5) is 35.8. The molecular formula is C23H31NO6. The van der Waals surface area contributed by atoms with Gasteiger partial charge in [-0.15, -0.1) is 0 Å². The first-order chi connectivity index (χ1) is 14.0. The largest absolute Gasteiger partial charge is 0.444 e. The lowest BCUT2D eigenvalue weighted by Crippen LogP contribution is -2.33. The number of rotatable bonds is 7. The third-order valence-corrected chi connectivity index (χ3v) is 4.61. The molecule has 2 aromatic rings. The maximum Gasteiger partial charge on any atom is 0.407 e. The Hall–Kier alpha value is -2.83. The summed E-state index contributed by atoms with van der Waals surface area (Å²) in [5.41, 5.74) is 1.60. The number of alkyl carbamates (subject to hydrolysis) is 1. The van der Waals surface area contributed by atoms with Crippen molar-refractivity contribution in [3.63, 3.8) is 0 Å². The van der Waals surface area contributed by atoms with Crippen LogP contribution >= 0.6 is 0 Å². The lowest BCUT2D eigenvalue weighted by Gasteiger charge is -2.19. The van der Waals surface area contributed by atoms with Crippen molar-refractivity contribution in [1.82, 2.24) is 5.32 Å². The number of fused-ring (bicyclic) bond motifs is 1. The molecule has 164 valence electrons. The van der Waals surface area contributed by atoms with Gasteiger partial charge in [0.15, 0.2) is 0 Å². The Morgan fingerprint density at radius 1 is 1.03 bits per heavy atom. The first-order valence-electron chi connectivity index (χ1n) is 10.2. The summed E-state index contributed by atoms with van der Waals surface area (Å²) in [5.74, 6) is 0.0659. The summed E-state index contributed by atoms with van der Waals surface area (Å²) >= 11 is 0. The van der Waals surface area contributed by atoms with E-state index in [-0.39, 0.29) is 18.0 Å². The SMILES string of the molecule is Cc1cc(OC(=O)CCCCCNC(=O)OC(C)(C)C)c2c(C)c(C)c(=O)oc2c1. The molecule has 0 aliphatic rings. The fraction of sp³-hybridized carbons (Fsp3) is 0.522. The van der Waals surface area contributed by atoms with Gasteiger partial charge in [-0.3, -0.25) is 4.79 Å². The van der Waals surface area contributed by atoms with E-state index in [1.54, 1.807) is 19.1 Å². The molecule has 1 amide bonds. The highest BCUT2D eigenvalue weighted by molar-refractivity contribution is 5.90. The van der Waals surface area contributed by atoms with Gasteiger partial charge in [0.2, 0.25) is 0 Å². The molecule has 1 aromatic carbocycles. The second-order valence-corrected chi connectivity index (χ2v) is 8.49. The lowest BCUT2D eigenvalue weighted by molar-refractivity contribution is -0.134. The van der Waals surface area contributed by atoms with Crippen molar-refractivity contribution in [2.24, 2.45) is 0 Å². The number of unbranched alkanes of at least 4 members (excludes halogenated alkanes) is 2. The van der Waals surface area contributed by atoms with Crippen LogP contribution in [0.5, 0.6) is 5.75 Å². The minimum absolute atomic E-state index is 0.261. The molecule has 0 spiro atoms. The number of benzene rings is 1. The van der Waals surface area contributed by atoms with Crippen LogP contribution in [0.25, 0.3) is 11.0 Å². The number of nitrogens with one attached hydrogen (secondary N) is 1. The molecule has 0 unspecified atom stereocenters. The molecule has 0 saturated heterocycles. The number of ether oxygens (including phenoxy) is 2. The van der Waals surface area contributed by atoms with E-state index < -0.39 is 11.7 Å². The number of carbonyl (C=O) groups is 2. The van der Waals surface area contributed by atoms with Crippen LogP contribution in [0, 0.1) is 20.8 Å². The fourth-order valence-corrected chi connectivity index (χ4v) is 3.02. The number of amides is 1. The Kier molecular flexibility index (Phi) is 7.65. The number of esters is 1. The molecule has 0 aliphatic heterocycles. The van der Waals surface area contributed by atoms with E-state index >= 15 is 0 Å². The molecule has 7 nitrogen and oxygen atoms in total. The minimum atomic E-state index is -0.521. The van der Waals surface area contributed by atoms with Gasteiger partial charge in [-0.05, 0) is 77.6 Å². The van der Waals surface area contributed by atoms with E-state index in [0.717, 1.165) is 24.0 Å². The van der Waals surface area contributed by atoms with E-state index in [1.807, 2.05) is 34.6 Å². The molecule has 0 radical (unpaired) electrons. The molecule has 7 heteroatoms. The van der Waals surface area contributed by atoms with E-state index in [1.165, 1.54) is 0 Å². The monoisotopic (exact) mass is 417 g/mol. The Morgan fingerprint density at radius 2 is 1.73 bits per heavy atom. The topological polar surface area (TPSA) is 94.8 Å². The quantitative estimate of drug-likeness (QED) is 0.303. The number of carbonyl (C=O) groups excluding carboxylic acids is 2. The van der Waals surface area contributed by atoms with Crippen LogP contribution in [0.3, 0.4) is 0 Å². The van der Waals surface area contributed by atoms with Gasteiger partial charge in [-0.2, -0.15) is 0 Å². The number of aryl methyl sites for hydroxylation is 2. The van der Waals surface area contributed by atoms with Gasteiger partial charge in [0.1, 0.15) is 16.9 Å². The van der Waals surface area contributed by atoms with Crippen molar-refractivity contribution in [3.8, 4) is 5.75 Å². The maximum absolute atomic E-state index is 12.3. The number of hydrogen-bond acceptors (Lipinski definition) is 6. The number of hydrogen-bond donors (Lipinski definition) is 1. The predicted octanol–water partition coefficient (Wildman–Crippen LogP) is 4.71. The van der Waals surface area contributed by atoms with Crippen LogP contribution in [0.15, 0.2) is 21.3 Å². The molecule has 0 saturated carbocycles. The summed E-state index contributed by atoms with van der Waals surface area (Å²) in [6.45, 7) is 11.3.